The monoisotopic (exact) mass is 272 g/mol. The Bertz CT molecular complexity index is 481. The highest BCUT2D eigenvalue weighted by atomic mass is 32.2. The Balaban J connectivity index is 1.92. The number of nitrogens with zero attached hydrogens (tertiary/aromatic N) is 1. The standard InChI is InChI=1S/C12H20N2O3S/c1-13-9-11-3-4-12(17-11)10-14-5-2-7-18(15,16)8-6-14/h3-4,13H,2,5-10H2,1H3. The number of hydrogen-bond acceptors (Lipinski definition) is 5. The van der Waals surface area contributed by atoms with Crippen LogP contribution in [0.3, 0.4) is 0 Å². The van der Waals surface area contributed by atoms with Crippen molar-refractivity contribution >= 4 is 9.84 Å². The predicted molar refractivity (Wildman–Crippen MR) is 70.0 cm³/mol. The summed E-state index contributed by atoms with van der Waals surface area (Å²) in [5, 5.41) is 3.04. The predicted octanol–water partition coefficient (Wildman–Crippen LogP) is 0.620. The Morgan fingerprint density at radius 1 is 1.28 bits per heavy atom. The van der Waals surface area contributed by atoms with Crippen molar-refractivity contribution in [3.8, 4) is 0 Å². The molecule has 1 aromatic heterocycles. The minimum atomic E-state index is -2.83. The van der Waals surface area contributed by atoms with E-state index in [1.165, 1.54) is 0 Å². The lowest BCUT2D eigenvalue weighted by molar-refractivity contribution is 0.258. The normalized spacial score (nSPS) is 20.7. The summed E-state index contributed by atoms with van der Waals surface area (Å²) < 4.78 is 28.7. The average Bonchev–Trinajstić information content (AvgIpc) is 2.66. The highest BCUT2D eigenvalue weighted by molar-refractivity contribution is 7.91. The first kappa shape index (κ1) is 13.6. The maximum absolute atomic E-state index is 11.5. The fourth-order valence-electron chi connectivity index (χ4n) is 2.15. The molecule has 2 heterocycles. The second-order valence-corrected chi connectivity index (χ2v) is 6.98. The molecule has 1 fully saturated rings. The third-order valence-corrected chi connectivity index (χ3v) is 4.81. The molecule has 5 nitrogen and oxygen atoms in total. The van der Waals surface area contributed by atoms with Crippen LogP contribution in [-0.4, -0.2) is 45.0 Å². The van der Waals surface area contributed by atoms with E-state index in [-0.39, 0.29) is 5.75 Å². The van der Waals surface area contributed by atoms with Gasteiger partial charge in [0.15, 0.2) is 9.84 Å². The molecule has 1 saturated heterocycles. The van der Waals surface area contributed by atoms with Gasteiger partial charge in [-0.3, -0.25) is 4.90 Å². The molecule has 0 unspecified atom stereocenters. The fourth-order valence-corrected chi connectivity index (χ4v) is 3.45. The van der Waals surface area contributed by atoms with Crippen LogP contribution in [0.2, 0.25) is 0 Å². The highest BCUT2D eigenvalue weighted by Gasteiger charge is 2.19. The molecule has 0 saturated carbocycles. The van der Waals surface area contributed by atoms with Crippen LogP contribution < -0.4 is 5.32 Å². The van der Waals surface area contributed by atoms with Crippen molar-refractivity contribution < 1.29 is 12.8 Å². The Morgan fingerprint density at radius 2 is 2.06 bits per heavy atom. The van der Waals surface area contributed by atoms with E-state index in [0.29, 0.717) is 31.8 Å². The van der Waals surface area contributed by atoms with Gasteiger partial charge in [-0.15, -0.1) is 0 Å². The average molecular weight is 272 g/mol. The Kier molecular flexibility index (Phi) is 4.42. The number of rotatable bonds is 4. The Labute approximate surface area is 108 Å². The third kappa shape index (κ3) is 3.83. The van der Waals surface area contributed by atoms with Crippen LogP contribution in [-0.2, 0) is 22.9 Å². The van der Waals surface area contributed by atoms with Gasteiger partial charge in [0.05, 0.1) is 24.6 Å². The lowest BCUT2D eigenvalue weighted by Crippen LogP contribution is -2.26. The Morgan fingerprint density at radius 3 is 2.83 bits per heavy atom. The minimum absolute atomic E-state index is 0.261. The van der Waals surface area contributed by atoms with Crippen LogP contribution in [0.15, 0.2) is 16.5 Å². The first-order chi connectivity index (χ1) is 8.59. The van der Waals surface area contributed by atoms with Crippen molar-refractivity contribution in [3.63, 3.8) is 0 Å². The molecule has 0 atom stereocenters. The van der Waals surface area contributed by atoms with E-state index in [1.807, 2.05) is 19.2 Å². The second-order valence-electron chi connectivity index (χ2n) is 4.68. The lowest BCUT2D eigenvalue weighted by atomic mass is 10.3. The van der Waals surface area contributed by atoms with Crippen LogP contribution in [0.5, 0.6) is 0 Å². The molecule has 2 rings (SSSR count). The number of nitrogens with one attached hydrogen (secondary N) is 1. The van der Waals surface area contributed by atoms with Crippen molar-refractivity contribution in [1.82, 2.24) is 10.2 Å². The largest absolute Gasteiger partial charge is 0.463 e. The summed E-state index contributed by atoms with van der Waals surface area (Å²) in [7, 11) is -0.953. The smallest absolute Gasteiger partial charge is 0.151 e. The molecule has 102 valence electrons. The Hall–Kier alpha value is -0.850. The van der Waals surface area contributed by atoms with Crippen LogP contribution in [0.1, 0.15) is 17.9 Å². The summed E-state index contributed by atoms with van der Waals surface area (Å²) in [4.78, 5) is 2.15. The quantitative estimate of drug-likeness (QED) is 0.870. The first-order valence-corrected chi connectivity index (χ1v) is 8.06. The minimum Gasteiger partial charge on any atom is -0.463 e. The van der Waals surface area contributed by atoms with E-state index in [1.54, 1.807) is 0 Å². The second kappa shape index (κ2) is 5.86. The third-order valence-electron chi connectivity index (χ3n) is 3.10. The van der Waals surface area contributed by atoms with Gasteiger partial charge in [0, 0.05) is 6.54 Å². The van der Waals surface area contributed by atoms with Gasteiger partial charge in [0.2, 0.25) is 0 Å². The van der Waals surface area contributed by atoms with E-state index in [4.69, 9.17) is 4.42 Å². The summed E-state index contributed by atoms with van der Waals surface area (Å²) >= 11 is 0. The lowest BCUT2D eigenvalue weighted by Gasteiger charge is -2.17. The molecule has 0 aromatic carbocycles. The maximum Gasteiger partial charge on any atom is 0.151 e. The molecule has 0 radical (unpaired) electrons. The highest BCUT2D eigenvalue weighted by Crippen LogP contribution is 2.13. The molecule has 0 amide bonds. The topological polar surface area (TPSA) is 62.6 Å². The van der Waals surface area contributed by atoms with Gasteiger partial charge in [0.1, 0.15) is 11.5 Å². The number of sulfone groups is 1. The molecular weight excluding hydrogens is 252 g/mol. The van der Waals surface area contributed by atoms with E-state index in [9.17, 15) is 8.42 Å². The van der Waals surface area contributed by atoms with E-state index in [2.05, 4.69) is 10.2 Å². The van der Waals surface area contributed by atoms with Gasteiger partial charge < -0.3 is 9.73 Å². The zero-order chi connectivity index (χ0) is 13.0. The molecule has 0 bridgehead atoms. The summed E-state index contributed by atoms with van der Waals surface area (Å²) in [5.74, 6) is 2.39. The van der Waals surface area contributed by atoms with Gasteiger partial charge in [-0.05, 0) is 32.1 Å². The summed E-state index contributed by atoms with van der Waals surface area (Å²) in [6, 6.07) is 3.92. The van der Waals surface area contributed by atoms with Crippen molar-refractivity contribution in [1.29, 1.82) is 0 Å². The van der Waals surface area contributed by atoms with E-state index < -0.39 is 9.84 Å². The maximum atomic E-state index is 11.5. The molecule has 0 aliphatic carbocycles. The van der Waals surface area contributed by atoms with Crippen LogP contribution in [0.25, 0.3) is 0 Å². The number of hydrogen-bond donors (Lipinski definition) is 1. The molecule has 1 N–H and O–H groups in total. The molecule has 18 heavy (non-hydrogen) atoms. The summed E-state index contributed by atoms with van der Waals surface area (Å²) in [6.07, 6.45) is 0.715. The summed E-state index contributed by atoms with van der Waals surface area (Å²) in [5.41, 5.74) is 0. The fraction of sp³-hybridized carbons (Fsp3) is 0.667. The molecule has 1 aromatic rings. The molecule has 6 heteroatoms. The zero-order valence-electron chi connectivity index (χ0n) is 10.7. The van der Waals surface area contributed by atoms with Crippen LogP contribution >= 0.6 is 0 Å². The van der Waals surface area contributed by atoms with Gasteiger partial charge >= 0.3 is 0 Å². The number of furan rings is 1. The van der Waals surface area contributed by atoms with Gasteiger partial charge in [-0.25, -0.2) is 8.42 Å². The molecule has 1 aliphatic rings. The van der Waals surface area contributed by atoms with Gasteiger partial charge in [-0.2, -0.15) is 0 Å². The van der Waals surface area contributed by atoms with Gasteiger partial charge in [-0.1, -0.05) is 0 Å². The van der Waals surface area contributed by atoms with E-state index >= 15 is 0 Å². The summed E-state index contributed by atoms with van der Waals surface area (Å²) in [6.45, 7) is 2.83. The van der Waals surface area contributed by atoms with Crippen molar-refractivity contribution in [2.75, 3.05) is 31.6 Å². The zero-order valence-corrected chi connectivity index (χ0v) is 11.5. The van der Waals surface area contributed by atoms with Crippen molar-refractivity contribution in [3.05, 3.63) is 23.7 Å². The molecule has 0 spiro atoms. The van der Waals surface area contributed by atoms with E-state index in [0.717, 1.165) is 18.1 Å². The first-order valence-electron chi connectivity index (χ1n) is 6.24. The van der Waals surface area contributed by atoms with Crippen molar-refractivity contribution in [2.45, 2.75) is 19.5 Å². The molecule has 1 aliphatic heterocycles. The molecular formula is C12H20N2O3S. The van der Waals surface area contributed by atoms with Crippen molar-refractivity contribution in [2.24, 2.45) is 0 Å². The van der Waals surface area contributed by atoms with Crippen LogP contribution in [0.4, 0.5) is 0 Å². The van der Waals surface area contributed by atoms with Gasteiger partial charge in [0.25, 0.3) is 0 Å². The van der Waals surface area contributed by atoms with Crippen LogP contribution in [0, 0.1) is 0 Å². The SMILES string of the molecule is CNCc1ccc(CN2CCCS(=O)(=O)CC2)o1.